The van der Waals surface area contributed by atoms with Gasteiger partial charge in [-0.1, -0.05) is 11.6 Å². The predicted molar refractivity (Wildman–Crippen MR) is 78.2 cm³/mol. The van der Waals surface area contributed by atoms with Gasteiger partial charge in [0.15, 0.2) is 0 Å². The van der Waals surface area contributed by atoms with Gasteiger partial charge in [-0.2, -0.15) is 0 Å². The van der Waals surface area contributed by atoms with Gasteiger partial charge >= 0.3 is 0 Å². The van der Waals surface area contributed by atoms with Gasteiger partial charge in [0.05, 0.1) is 0 Å². The van der Waals surface area contributed by atoms with Crippen LogP contribution in [0, 0.1) is 13.8 Å². The van der Waals surface area contributed by atoms with Crippen LogP contribution in [0.3, 0.4) is 0 Å². The molecule has 0 radical (unpaired) electrons. The van der Waals surface area contributed by atoms with Gasteiger partial charge in [-0.15, -0.1) is 0 Å². The predicted octanol–water partition coefficient (Wildman–Crippen LogP) is 3.10. The number of benzene rings is 1. The molecule has 106 valence electrons. The zero-order valence-electron chi connectivity index (χ0n) is 12.0. The van der Waals surface area contributed by atoms with Crippen molar-refractivity contribution in [2.24, 2.45) is 0 Å². The zero-order chi connectivity index (χ0) is 14.0. The third kappa shape index (κ3) is 3.04. The van der Waals surface area contributed by atoms with E-state index in [0.717, 1.165) is 28.3 Å². The normalized spacial score (nSPS) is 26.1. The lowest BCUT2D eigenvalue weighted by Gasteiger charge is -2.44. The number of ether oxygens (including phenoxy) is 2. The highest BCUT2D eigenvalue weighted by Gasteiger charge is 2.43. The molecule has 1 fully saturated rings. The number of hydrogen-bond acceptors (Lipinski definition) is 3. The number of rotatable bonds is 5. The first kappa shape index (κ1) is 14.6. The molecule has 3 unspecified atom stereocenters. The van der Waals surface area contributed by atoms with Crippen molar-refractivity contribution in [1.82, 2.24) is 5.32 Å². The molecule has 0 aromatic heterocycles. The molecule has 0 spiro atoms. The van der Waals surface area contributed by atoms with Gasteiger partial charge in [0.1, 0.15) is 18.0 Å². The summed E-state index contributed by atoms with van der Waals surface area (Å²) in [6.45, 7) is 6.78. The summed E-state index contributed by atoms with van der Waals surface area (Å²) >= 11 is 6.04. The van der Waals surface area contributed by atoms with Crippen LogP contribution in [-0.4, -0.2) is 31.9 Å². The van der Waals surface area contributed by atoms with Crippen LogP contribution in [0.4, 0.5) is 0 Å². The Labute approximate surface area is 120 Å². The first-order valence-electron chi connectivity index (χ1n) is 6.79. The van der Waals surface area contributed by atoms with E-state index >= 15 is 0 Å². The van der Waals surface area contributed by atoms with Gasteiger partial charge in [0.25, 0.3) is 0 Å². The standard InChI is InChI=1S/C15H22ClNO2/c1-5-18-15-12(17-4)8-13(15)19-14-9(2)6-11(16)7-10(14)3/h6-7,12-13,15,17H,5,8H2,1-4H3. The summed E-state index contributed by atoms with van der Waals surface area (Å²) < 4.78 is 11.9. The van der Waals surface area contributed by atoms with Gasteiger partial charge in [0.2, 0.25) is 0 Å². The van der Waals surface area contributed by atoms with Crippen LogP contribution in [0.25, 0.3) is 0 Å². The Morgan fingerprint density at radius 1 is 1.32 bits per heavy atom. The maximum absolute atomic E-state index is 6.14. The van der Waals surface area contributed by atoms with Crippen molar-refractivity contribution >= 4 is 11.6 Å². The molecule has 0 amide bonds. The van der Waals surface area contributed by atoms with Crippen LogP contribution in [0.5, 0.6) is 5.75 Å². The Morgan fingerprint density at radius 3 is 2.47 bits per heavy atom. The van der Waals surface area contributed by atoms with Crippen molar-refractivity contribution < 1.29 is 9.47 Å². The van der Waals surface area contributed by atoms with E-state index < -0.39 is 0 Å². The van der Waals surface area contributed by atoms with Crippen molar-refractivity contribution in [2.45, 2.75) is 45.4 Å². The van der Waals surface area contributed by atoms with Crippen molar-refractivity contribution in [3.05, 3.63) is 28.3 Å². The molecule has 1 saturated carbocycles. The third-order valence-corrected chi connectivity index (χ3v) is 3.89. The average Bonchev–Trinajstić information content (AvgIpc) is 2.33. The second-order valence-corrected chi connectivity index (χ2v) is 5.51. The molecule has 0 bridgehead atoms. The lowest BCUT2D eigenvalue weighted by Crippen LogP contribution is -2.60. The van der Waals surface area contributed by atoms with Crippen LogP contribution in [0.2, 0.25) is 5.02 Å². The van der Waals surface area contributed by atoms with E-state index in [9.17, 15) is 0 Å². The molecule has 0 heterocycles. The Balaban J connectivity index is 2.10. The van der Waals surface area contributed by atoms with E-state index in [1.165, 1.54) is 0 Å². The minimum atomic E-state index is 0.121. The average molecular weight is 284 g/mol. The summed E-state index contributed by atoms with van der Waals surface area (Å²) in [6.07, 6.45) is 1.23. The lowest BCUT2D eigenvalue weighted by molar-refractivity contribution is -0.103. The van der Waals surface area contributed by atoms with Crippen LogP contribution in [0.1, 0.15) is 24.5 Å². The second-order valence-electron chi connectivity index (χ2n) is 5.08. The molecule has 3 atom stereocenters. The molecule has 3 nitrogen and oxygen atoms in total. The molecule has 1 aromatic carbocycles. The maximum atomic E-state index is 6.14. The molecule has 1 N–H and O–H groups in total. The van der Waals surface area contributed by atoms with Gasteiger partial charge in [0, 0.05) is 24.1 Å². The molecule has 2 rings (SSSR count). The van der Waals surface area contributed by atoms with Gasteiger partial charge in [-0.05, 0) is 51.1 Å². The number of aryl methyl sites for hydroxylation is 2. The molecule has 1 aromatic rings. The summed E-state index contributed by atoms with van der Waals surface area (Å²) in [6, 6.07) is 4.26. The van der Waals surface area contributed by atoms with Gasteiger partial charge in [-0.25, -0.2) is 0 Å². The summed E-state index contributed by atoms with van der Waals surface area (Å²) in [5.74, 6) is 0.939. The lowest BCUT2D eigenvalue weighted by atomic mass is 9.85. The summed E-state index contributed by atoms with van der Waals surface area (Å²) in [4.78, 5) is 0. The zero-order valence-corrected chi connectivity index (χ0v) is 12.8. The highest BCUT2D eigenvalue weighted by Crippen LogP contribution is 2.33. The molecule has 19 heavy (non-hydrogen) atoms. The molecule has 1 aliphatic carbocycles. The van der Waals surface area contributed by atoms with Crippen LogP contribution in [0.15, 0.2) is 12.1 Å². The van der Waals surface area contributed by atoms with Crippen LogP contribution >= 0.6 is 11.6 Å². The quantitative estimate of drug-likeness (QED) is 0.901. The summed E-state index contributed by atoms with van der Waals surface area (Å²) in [5.41, 5.74) is 2.15. The Morgan fingerprint density at radius 2 is 1.95 bits per heavy atom. The van der Waals surface area contributed by atoms with Crippen molar-refractivity contribution in [3.8, 4) is 5.75 Å². The van der Waals surface area contributed by atoms with Crippen LogP contribution < -0.4 is 10.1 Å². The first-order chi connectivity index (χ1) is 9.06. The number of nitrogens with one attached hydrogen (secondary N) is 1. The first-order valence-corrected chi connectivity index (χ1v) is 7.16. The van der Waals surface area contributed by atoms with E-state index in [4.69, 9.17) is 21.1 Å². The summed E-state index contributed by atoms with van der Waals surface area (Å²) in [5, 5.41) is 4.02. The SMILES string of the molecule is CCOC1C(NC)CC1Oc1c(C)cc(Cl)cc1C. The van der Waals surface area contributed by atoms with Gasteiger partial charge in [-0.3, -0.25) is 0 Å². The van der Waals surface area contributed by atoms with E-state index in [1.54, 1.807) is 0 Å². The fraction of sp³-hybridized carbons (Fsp3) is 0.600. The third-order valence-electron chi connectivity index (χ3n) is 3.67. The van der Waals surface area contributed by atoms with Gasteiger partial charge < -0.3 is 14.8 Å². The van der Waals surface area contributed by atoms with Crippen molar-refractivity contribution in [3.63, 3.8) is 0 Å². The maximum Gasteiger partial charge on any atom is 0.128 e. The van der Waals surface area contributed by atoms with E-state index in [0.29, 0.717) is 12.6 Å². The van der Waals surface area contributed by atoms with E-state index in [1.807, 2.05) is 40.0 Å². The Bertz CT molecular complexity index is 427. The Kier molecular flexibility index (Phi) is 4.71. The number of halogens is 1. The second kappa shape index (κ2) is 6.12. The van der Waals surface area contributed by atoms with E-state index in [-0.39, 0.29) is 12.2 Å². The molecule has 0 saturated heterocycles. The summed E-state index contributed by atoms with van der Waals surface area (Å²) in [7, 11) is 1.96. The highest BCUT2D eigenvalue weighted by molar-refractivity contribution is 6.30. The minimum absolute atomic E-state index is 0.121. The van der Waals surface area contributed by atoms with E-state index in [2.05, 4.69) is 5.32 Å². The van der Waals surface area contributed by atoms with Crippen LogP contribution in [-0.2, 0) is 4.74 Å². The Hall–Kier alpha value is -0.770. The number of hydrogen-bond donors (Lipinski definition) is 1. The largest absolute Gasteiger partial charge is 0.487 e. The smallest absolute Gasteiger partial charge is 0.128 e. The monoisotopic (exact) mass is 283 g/mol. The molecular formula is C15H22ClNO2. The number of likely N-dealkylation sites (N-methyl/N-ethyl adjacent to an activating group) is 1. The fourth-order valence-corrected chi connectivity index (χ4v) is 2.96. The molecule has 4 heteroatoms. The highest BCUT2D eigenvalue weighted by atomic mass is 35.5. The minimum Gasteiger partial charge on any atom is -0.487 e. The molecular weight excluding hydrogens is 262 g/mol. The van der Waals surface area contributed by atoms with Crippen molar-refractivity contribution in [1.29, 1.82) is 0 Å². The fourth-order valence-electron chi connectivity index (χ4n) is 2.63. The topological polar surface area (TPSA) is 30.5 Å². The van der Waals surface area contributed by atoms with Crippen molar-refractivity contribution in [2.75, 3.05) is 13.7 Å². The molecule has 0 aliphatic heterocycles. The molecule has 1 aliphatic rings.